The Morgan fingerprint density at radius 2 is 1.12 bits per heavy atom. The number of rotatable bonds is 12. The van der Waals surface area contributed by atoms with Gasteiger partial charge in [0.25, 0.3) is 0 Å². The molecule has 13 aromatic rings. The van der Waals surface area contributed by atoms with E-state index in [1.807, 2.05) is 50.2 Å². The minimum absolute atomic E-state index is 0.120. The molecule has 0 fully saturated rings. The van der Waals surface area contributed by atoms with Gasteiger partial charge in [-0.15, -0.1) is 0 Å². The van der Waals surface area contributed by atoms with E-state index in [1.54, 1.807) is 0 Å². The summed E-state index contributed by atoms with van der Waals surface area (Å²) in [5.41, 5.74) is 18.5. The van der Waals surface area contributed by atoms with Crippen LogP contribution in [0.4, 0.5) is 11.5 Å². The third-order valence-electron chi connectivity index (χ3n) is 15.9. The van der Waals surface area contributed by atoms with E-state index >= 15 is 0 Å². The Morgan fingerprint density at radius 1 is 0.524 bits per heavy atom. The summed E-state index contributed by atoms with van der Waals surface area (Å²) in [5, 5.41) is 2.41. The number of ether oxygens (including phenoxy) is 1. The summed E-state index contributed by atoms with van der Waals surface area (Å²) in [7, 11) is 0. The van der Waals surface area contributed by atoms with Crippen molar-refractivity contribution in [2.75, 3.05) is 4.81 Å². The number of pyridine rings is 1. The predicted octanol–water partition coefficient (Wildman–Crippen LogP) is 18.4. The molecule has 0 N–H and O–H groups in total. The van der Waals surface area contributed by atoms with Gasteiger partial charge in [0.2, 0.25) is 0 Å². The molecule has 1 aliphatic heterocycles. The van der Waals surface area contributed by atoms with Crippen LogP contribution in [0.1, 0.15) is 48.5 Å². The van der Waals surface area contributed by atoms with Crippen LogP contribution in [0.3, 0.4) is 0 Å². The van der Waals surface area contributed by atoms with Crippen LogP contribution in [0.5, 0.6) is 11.6 Å². The third kappa shape index (κ3) is 8.96. The summed E-state index contributed by atoms with van der Waals surface area (Å²) in [6, 6.07) is 89.9. The first-order chi connectivity index (χ1) is 40.8. The van der Waals surface area contributed by atoms with Crippen molar-refractivity contribution in [2.45, 2.75) is 46.4 Å². The van der Waals surface area contributed by atoms with E-state index in [0.29, 0.717) is 17.2 Å². The SMILES string of the molecule is [2H]C([2H])(c1ccccc1-c1ccc(-n2[c](=[Pt])n(-c3c(-c4ccccc4)cccc3-c3cc(-c4ccccc4)cc(C(C)(C)C)c3)c3ccccc32)cc1Oc1cccc(N2B(c3ccccc3)n3c4ccccc4c4cccc2c43)n1)C(C)C. The van der Waals surface area contributed by atoms with Gasteiger partial charge in [-0.3, -0.25) is 0 Å². The quantitative estimate of drug-likeness (QED) is 0.114. The van der Waals surface area contributed by atoms with E-state index in [1.165, 1.54) is 27.5 Å². The molecule has 6 nitrogen and oxygen atoms in total. The summed E-state index contributed by atoms with van der Waals surface area (Å²) in [6.07, 6.45) is -1.65. The molecule has 10 aromatic carbocycles. The molecule has 14 rings (SSSR count). The van der Waals surface area contributed by atoms with Crippen LogP contribution in [-0.2, 0) is 31.1 Å². The van der Waals surface area contributed by atoms with E-state index in [9.17, 15) is 2.74 Å². The van der Waals surface area contributed by atoms with Gasteiger partial charge in [-0.25, -0.2) is 0 Å². The van der Waals surface area contributed by atoms with Crippen molar-refractivity contribution in [1.29, 1.82) is 0 Å². The Morgan fingerprint density at radius 3 is 1.87 bits per heavy atom. The van der Waals surface area contributed by atoms with E-state index < -0.39 is 6.37 Å². The van der Waals surface area contributed by atoms with Crippen molar-refractivity contribution in [3.8, 4) is 67.5 Å². The molecule has 0 atom stereocenters. The molecule has 8 heteroatoms. The molecular formula is C74H60BN5OPt. The molecule has 0 spiro atoms. The van der Waals surface area contributed by atoms with Gasteiger partial charge < -0.3 is 0 Å². The number of benzene rings is 10. The Bertz CT molecular complexity index is 4740. The number of hydrogen-bond acceptors (Lipinski definition) is 3. The van der Waals surface area contributed by atoms with Crippen molar-refractivity contribution in [3.63, 3.8) is 0 Å². The van der Waals surface area contributed by atoms with Gasteiger partial charge in [-0.1, -0.05) is 60.7 Å². The summed E-state index contributed by atoms with van der Waals surface area (Å²) >= 11 is 2.52. The number of para-hydroxylation sites is 5. The van der Waals surface area contributed by atoms with Crippen molar-refractivity contribution < 1.29 is 26.8 Å². The maximum atomic E-state index is 9.49. The second-order valence-corrected chi connectivity index (χ2v) is 23.6. The van der Waals surface area contributed by atoms with Crippen LogP contribution in [-0.4, -0.2) is 25.6 Å². The predicted molar refractivity (Wildman–Crippen MR) is 338 cm³/mol. The van der Waals surface area contributed by atoms with Crippen LogP contribution >= 0.6 is 0 Å². The zero-order valence-corrected chi connectivity index (χ0v) is 48.6. The van der Waals surface area contributed by atoms with E-state index in [-0.39, 0.29) is 18.3 Å². The first-order valence-corrected chi connectivity index (χ1v) is 29.3. The van der Waals surface area contributed by atoms with Crippen molar-refractivity contribution in [2.24, 2.45) is 5.92 Å². The second-order valence-electron chi connectivity index (χ2n) is 22.6. The third-order valence-corrected chi connectivity index (χ3v) is 16.9. The van der Waals surface area contributed by atoms with Crippen LogP contribution in [0.2, 0.25) is 0 Å². The summed E-state index contributed by atoms with van der Waals surface area (Å²) in [4.78, 5) is 7.76. The number of hydrogen-bond donors (Lipinski definition) is 0. The molecule has 0 aliphatic carbocycles. The molecule has 82 heavy (non-hydrogen) atoms. The minimum atomic E-state index is -1.65. The standard InChI is InChI=1S/C74H60BN5O.Pt/c1-50(2)44-53-28-15-16-31-59(53)63-43-42-58(48-69(63)81-71-41-23-40-70(76-71)79-68-39-22-35-64-62-32-17-18-36-65(62)80(73(64)68)75(79)57-29-13-8-14-30-57)77-49-78(67-38-20-19-37-66(67)77)72-60(52-26-11-7-12-27-52)33-21-34-61(72)55-45-54(51-24-9-6-10-25-51)46-56(47-55)74(3,4)5;/h6-43,45-48,50H,44H2,1-5H3;/i44D2;. The van der Waals surface area contributed by atoms with E-state index in [4.69, 9.17) is 9.72 Å². The fourth-order valence-electron chi connectivity index (χ4n) is 12.2. The van der Waals surface area contributed by atoms with Crippen molar-refractivity contribution in [1.82, 2.24) is 18.6 Å². The Hall–Kier alpha value is -9.03. The van der Waals surface area contributed by atoms with E-state index in [0.717, 1.165) is 87.6 Å². The normalized spacial score (nSPS) is 12.9. The van der Waals surface area contributed by atoms with Crippen LogP contribution in [0, 0.1) is 9.72 Å². The van der Waals surface area contributed by atoms with Gasteiger partial charge in [0, 0.05) is 16.3 Å². The number of fused-ring (bicyclic) bond motifs is 4. The van der Waals surface area contributed by atoms with Crippen LogP contribution in [0.25, 0.3) is 88.7 Å². The number of nitrogens with zero attached hydrogens (tertiary/aromatic N) is 5. The zero-order chi connectivity index (χ0) is 57.4. The summed E-state index contributed by atoms with van der Waals surface area (Å²) in [6.45, 7) is 10.5. The average molecular weight is 1240 g/mol. The Labute approximate surface area is 493 Å². The van der Waals surface area contributed by atoms with Gasteiger partial charge in [0.15, 0.2) is 0 Å². The molecule has 0 amide bonds. The Balaban J connectivity index is 0.968. The van der Waals surface area contributed by atoms with Gasteiger partial charge in [-0.05, 0) is 6.07 Å². The molecule has 1 aliphatic rings. The summed E-state index contributed by atoms with van der Waals surface area (Å²) < 4.78 is 34.4. The van der Waals surface area contributed by atoms with E-state index in [2.05, 4.69) is 277 Å². The number of anilines is 2. The topological polar surface area (TPSA) is 40.1 Å². The van der Waals surface area contributed by atoms with Crippen LogP contribution < -0.4 is 15.0 Å². The number of imidazole rings is 1. The van der Waals surface area contributed by atoms with Gasteiger partial charge in [0.1, 0.15) is 0 Å². The fourth-order valence-corrected chi connectivity index (χ4v) is 13.3. The molecule has 0 saturated heterocycles. The second kappa shape index (κ2) is 20.8. The van der Waals surface area contributed by atoms with Gasteiger partial charge in [-0.2, -0.15) is 0 Å². The zero-order valence-electron chi connectivity index (χ0n) is 48.4. The molecule has 4 heterocycles. The van der Waals surface area contributed by atoms with Crippen LogP contribution in [0.15, 0.2) is 255 Å². The fraction of sp³-hybridized carbons (Fsp3) is 0.108. The molecule has 0 saturated carbocycles. The molecule has 400 valence electrons. The molecule has 0 radical (unpaired) electrons. The molecule has 0 bridgehead atoms. The van der Waals surface area contributed by atoms with Gasteiger partial charge >= 0.3 is 414 Å². The number of aromatic nitrogens is 4. The maximum absolute atomic E-state index is 9.49. The average Bonchev–Trinajstić information content (AvgIpc) is 1.97. The Kier molecular flexibility index (Phi) is 12.4. The molecule has 3 aromatic heterocycles. The first kappa shape index (κ1) is 48.8. The monoisotopic (exact) mass is 1240 g/mol. The van der Waals surface area contributed by atoms with Gasteiger partial charge in [0.05, 0.1) is 0 Å². The molecule has 0 unspecified atom stereocenters. The van der Waals surface area contributed by atoms with Crippen molar-refractivity contribution >= 4 is 56.8 Å². The summed E-state index contributed by atoms with van der Waals surface area (Å²) in [5.74, 6) is 1.39. The molecular weight excluding hydrogens is 1180 g/mol. The van der Waals surface area contributed by atoms with Crippen molar-refractivity contribution in [3.05, 3.63) is 270 Å². The first-order valence-electron chi connectivity index (χ1n) is 29.2.